The Hall–Kier alpha value is -2.24. The Balaban J connectivity index is 1.46. The topological polar surface area (TPSA) is 46.0 Å². The van der Waals surface area contributed by atoms with Crippen molar-refractivity contribution in [1.82, 2.24) is 5.32 Å². The summed E-state index contributed by atoms with van der Waals surface area (Å²) in [6, 6.07) is 13.8. The van der Waals surface area contributed by atoms with Crippen LogP contribution in [0.1, 0.15) is 11.1 Å². The lowest BCUT2D eigenvalue weighted by Gasteiger charge is -2.34. The molecule has 1 saturated heterocycles. The second kappa shape index (κ2) is 9.11. The summed E-state index contributed by atoms with van der Waals surface area (Å²) >= 11 is 6.15. The van der Waals surface area contributed by atoms with E-state index in [1.807, 2.05) is 36.4 Å². The quantitative estimate of drug-likeness (QED) is 0.791. The smallest absolute Gasteiger partial charge is 0.275 e. The molecule has 0 aliphatic carbocycles. The Kier molecular flexibility index (Phi) is 6.58. The summed E-state index contributed by atoms with van der Waals surface area (Å²) in [5.41, 5.74) is 3.47. The molecule has 0 atom stereocenters. The van der Waals surface area contributed by atoms with Crippen LogP contribution in [0.3, 0.4) is 0 Å². The van der Waals surface area contributed by atoms with Crippen LogP contribution < -0.4 is 19.9 Å². The monoisotopic (exact) mass is 388 g/mol. The highest BCUT2D eigenvalue weighted by molar-refractivity contribution is 6.30. The van der Waals surface area contributed by atoms with Crippen LogP contribution in [0.15, 0.2) is 42.5 Å². The standard InChI is InChI=1S/C21H26ClN3O2/c1-16-6-7-18(22)13-20(16)25-10-8-24(9-11-25)15-21(26)23-14-17-4-3-5-19(12-17)27-2/h3-7,12-13H,8-11,14-15H2,1-2H3,(H,23,26)/p+1. The molecule has 0 aromatic heterocycles. The lowest BCUT2D eigenvalue weighted by atomic mass is 10.1. The highest BCUT2D eigenvalue weighted by Gasteiger charge is 2.23. The number of aryl methyl sites for hydroxylation is 1. The molecule has 2 aromatic rings. The zero-order valence-corrected chi connectivity index (χ0v) is 16.7. The van der Waals surface area contributed by atoms with Gasteiger partial charge in [-0.1, -0.05) is 29.8 Å². The number of methoxy groups -OCH3 is 1. The number of carbonyl (C=O) groups excluding carboxylic acids is 1. The number of rotatable bonds is 6. The fourth-order valence-electron chi connectivity index (χ4n) is 3.44. The highest BCUT2D eigenvalue weighted by Crippen LogP contribution is 2.24. The van der Waals surface area contributed by atoms with Crippen molar-refractivity contribution >= 4 is 23.2 Å². The third kappa shape index (κ3) is 5.37. The van der Waals surface area contributed by atoms with E-state index in [-0.39, 0.29) is 5.91 Å². The average molecular weight is 389 g/mol. The van der Waals surface area contributed by atoms with Gasteiger partial charge >= 0.3 is 0 Å². The molecule has 1 heterocycles. The predicted molar refractivity (Wildman–Crippen MR) is 109 cm³/mol. The SMILES string of the molecule is COc1cccc(CNC(=O)C[NH+]2CCN(c3cc(Cl)ccc3C)CC2)c1. The van der Waals surface area contributed by atoms with Crippen LogP contribution in [-0.2, 0) is 11.3 Å². The minimum absolute atomic E-state index is 0.0835. The van der Waals surface area contributed by atoms with E-state index in [4.69, 9.17) is 16.3 Å². The van der Waals surface area contributed by atoms with Crippen molar-refractivity contribution in [2.45, 2.75) is 13.5 Å². The van der Waals surface area contributed by atoms with E-state index in [0.29, 0.717) is 13.1 Å². The molecule has 0 spiro atoms. The number of amides is 1. The molecule has 1 aliphatic rings. The summed E-state index contributed by atoms with van der Waals surface area (Å²) < 4.78 is 5.22. The maximum Gasteiger partial charge on any atom is 0.275 e. The Labute approximate surface area is 165 Å². The van der Waals surface area contributed by atoms with E-state index >= 15 is 0 Å². The molecule has 0 unspecified atom stereocenters. The summed E-state index contributed by atoms with van der Waals surface area (Å²) in [4.78, 5) is 16.0. The van der Waals surface area contributed by atoms with Crippen molar-refractivity contribution in [3.63, 3.8) is 0 Å². The predicted octanol–water partition coefficient (Wildman–Crippen LogP) is 1.68. The summed E-state index contributed by atoms with van der Waals surface area (Å²) in [6.45, 7) is 6.89. The minimum Gasteiger partial charge on any atom is -0.497 e. The maximum absolute atomic E-state index is 12.3. The molecule has 1 amide bonds. The lowest BCUT2D eigenvalue weighted by Crippen LogP contribution is -3.15. The molecule has 144 valence electrons. The van der Waals surface area contributed by atoms with Gasteiger partial charge < -0.3 is 19.9 Å². The van der Waals surface area contributed by atoms with Gasteiger partial charge in [0.2, 0.25) is 0 Å². The fraction of sp³-hybridized carbons (Fsp3) is 0.381. The first-order valence-electron chi connectivity index (χ1n) is 9.29. The number of anilines is 1. The van der Waals surface area contributed by atoms with Gasteiger partial charge in [0, 0.05) is 17.3 Å². The van der Waals surface area contributed by atoms with Crippen LogP contribution in [0.25, 0.3) is 0 Å². The summed E-state index contributed by atoms with van der Waals surface area (Å²) in [6.07, 6.45) is 0. The van der Waals surface area contributed by atoms with Crippen molar-refractivity contribution in [3.8, 4) is 5.75 Å². The Bertz CT molecular complexity index is 789. The molecule has 2 aromatic carbocycles. The van der Waals surface area contributed by atoms with Crippen LogP contribution in [-0.4, -0.2) is 45.7 Å². The normalized spacial score (nSPS) is 14.9. The molecule has 5 nitrogen and oxygen atoms in total. The molecule has 1 fully saturated rings. The number of carbonyl (C=O) groups is 1. The molecule has 3 rings (SSSR count). The van der Waals surface area contributed by atoms with Crippen LogP contribution in [0.2, 0.25) is 5.02 Å². The third-order valence-corrected chi connectivity index (χ3v) is 5.25. The zero-order chi connectivity index (χ0) is 19.2. The van der Waals surface area contributed by atoms with E-state index in [0.717, 1.165) is 42.5 Å². The largest absolute Gasteiger partial charge is 0.497 e. The number of nitrogens with zero attached hydrogens (tertiary/aromatic N) is 1. The molecule has 0 bridgehead atoms. The summed E-state index contributed by atoms with van der Waals surface area (Å²) in [5.74, 6) is 0.889. The first-order chi connectivity index (χ1) is 13.0. The van der Waals surface area contributed by atoms with Gasteiger partial charge in [-0.25, -0.2) is 0 Å². The van der Waals surface area contributed by atoms with Gasteiger partial charge in [0.25, 0.3) is 5.91 Å². The highest BCUT2D eigenvalue weighted by atomic mass is 35.5. The van der Waals surface area contributed by atoms with Crippen molar-refractivity contribution < 1.29 is 14.4 Å². The number of nitrogens with one attached hydrogen (secondary N) is 2. The van der Waals surface area contributed by atoms with Gasteiger partial charge in [0.1, 0.15) is 5.75 Å². The number of quaternary nitrogens is 1. The molecular weight excluding hydrogens is 362 g/mol. The third-order valence-electron chi connectivity index (χ3n) is 5.02. The molecular formula is C21H27ClN3O2+. The second-order valence-corrected chi connectivity index (χ2v) is 7.41. The number of benzene rings is 2. The van der Waals surface area contributed by atoms with Crippen molar-refractivity contribution in [1.29, 1.82) is 0 Å². The van der Waals surface area contributed by atoms with Gasteiger partial charge in [0.15, 0.2) is 6.54 Å². The first-order valence-corrected chi connectivity index (χ1v) is 9.67. The number of piperazine rings is 1. The molecule has 0 radical (unpaired) electrons. The molecule has 6 heteroatoms. The fourth-order valence-corrected chi connectivity index (χ4v) is 3.60. The Morgan fingerprint density at radius 1 is 1.22 bits per heavy atom. The zero-order valence-electron chi connectivity index (χ0n) is 15.9. The number of ether oxygens (including phenoxy) is 1. The summed E-state index contributed by atoms with van der Waals surface area (Å²) in [7, 11) is 1.64. The van der Waals surface area contributed by atoms with Gasteiger partial charge in [-0.2, -0.15) is 0 Å². The summed E-state index contributed by atoms with van der Waals surface area (Å²) in [5, 5.41) is 3.78. The van der Waals surface area contributed by atoms with Crippen LogP contribution in [0.5, 0.6) is 5.75 Å². The van der Waals surface area contributed by atoms with Crippen LogP contribution in [0, 0.1) is 6.92 Å². The van der Waals surface area contributed by atoms with Gasteiger partial charge in [-0.3, -0.25) is 4.79 Å². The van der Waals surface area contributed by atoms with Crippen molar-refractivity contribution in [2.75, 3.05) is 44.7 Å². The maximum atomic E-state index is 12.3. The van der Waals surface area contributed by atoms with Gasteiger partial charge in [-0.05, 0) is 42.3 Å². The van der Waals surface area contributed by atoms with Crippen molar-refractivity contribution in [2.24, 2.45) is 0 Å². The molecule has 2 N–H and O–H groups in total. The molecule has 0 saturated carbocycles. The van der Waals surface area contributed by atoms with Crippen LogP contribution in [0.4, 0.5) is 5.69 Å². The minimum atomic E-state index is 0.0835. The van der Waals surface area contributed by atoms with Crippen molar-refractivity contribution in [3.05, 3.63) is 58.6 Å². The van der Waals surface area contributed by atoms with E-state index in [1.165, 1.54) is 16.2 Å². The Morgan fingerprint density at radius 3 is 2.74 bits per heavy atom. The second-order valence-electron chi connectivity index (χ2n) is 6.97. The van der Waals surface area contributed by atoms with Gasteiger partial charge in [0.05, 0.1) is 33.3 Å². The van der Waals surface area contributed by atoms with Crippen LogP contribution >= 0.6 is 11.6 Å². The van der Waals surface area contributed by atoms with E-state index in [2.05, 4.69) is 23.2 Å². The van der Waals surface area contributed by atoms with Gasteiger partial charge in [-0.15, -0.1) is 0 Å². The number of hydrogen-bond donors (Lipinski definition) is 2. The number of hydrogen-bond acceptors (Lipinski definition) is 3. The Morgan fingerprint density at radius 2 is 2.00 bits per heavy atom. The average Bonchev–Trinajstić information content (AvgIpc) is 2.69. The van der Waals surface area contributed by atoms with E-state index < -0.39 is 0 Å². The first kappa shape index (κ1) is 19.5. The van der Waals surface area contributed by atoms with E-state index in [9.17, 15) is 4.79 Å². The van der Waals surface area contributed by atoms with E-state index in [1.54, 1.807) is 7.11 Å². The molecule has 27 heavy (non-hydrogen) atoms. The number of halogens is 1. The molecule has 1 aliphatic heterocycles. The lowest BCUT2D eigenvalue weighted by molar-refractivity contribution is -0.892.